The van der Waals surface area contributed by atoms with Crippen molar-refractivity contribution in [2.24, 2.45) is 0 Å². The Labute approximate surface area is 118 Å². The molecule has 0 aliphatic rings. The molecule has 0 spiro atoms. The van der Waals surface area contributed by atoms with E-state index in [0.717, 1.165) is 15.3 Å². The molecule has 0 aliphatic carbocycles. The van der Waals surface area contributed by atoms with Crippen LogP contribution in [0.15, 0.2) is 18.2 Å². The summed E-state index contributed by atoms with van der Waals surface area (Å²) < 4.78 is 38.8. The number of hydrogen-bond acceptors (Lipinski definition) is 2. The average Bonchev–Trinajstić information content (AvgIpc) is 2.72. The zero-order chi connectivity index (χ0) is 14.9. The first kappa shape index (κ1) is 14.6. The van der Waals surface area contributed by atoms with E-state index in [1.54, 1.807) is 0 Å². The third kappa shape index (κ3) is 3.01. The van der Waals surface area contributed by atoms with Crippen molar-refractivity contribution in [1.82, 2.24) is 5.32 Å². The number of rotatable bonds is 3. The Morgan fingerprint density at radius 3 is 2.25 bits per heavy atom. The molecule has 0 saturated heterocycles. The summed E-state index contributed by atoms with van der Waals surface area (Å²) >= 11 is 1.54. The zero-order valence-electron chi connectivity index (χ0n) is 10.9. The van der Waals surface area contributed by atoms with E-state index in [2.05, 4.69) is 5.32 Å². The molecule has 0 aliphatic heterocycles. The molecule has 106 valence electrons. The predicted molar refractivity (Wildman–Crippen MR) is 71.3 cm³/mol. The topological polar surface area (TPSA) is 29.1 Å². The summed E-state index contributed by atoms with van der Waals surface area (Å²) in [5.74, 6) is -4.98. The van der Waals surface area contributed by atoms with Crippen LogP contribution in [-0.4, -0.2) is 5.91 Å². The fraction of sp³-hybridized carbons (Fsp3) is 0.214. The van der Waals surface area contributed by atoms with Gasteiger partial charge in [-0.2, -0.15) is 0 Å². The van der Waals surface area contributed by atoms with Crippen molar-refractivity contribution >= 4 is 17.2 Å². The number of amides is 1. The average molecular weight is 299 g/mol. The monoisotopic (exact) mass is 299 g/mol. The quantitative estimate of drug-likeness (QED) is 0.860. The molecule has 0 unspecified atom stereocenters. The summed E-state index contributed by atoms with van der Waals surface area (Å²) in [6, 6.07) is 3.30. The molecule has 0 atom stereocenters. The summed E-state index contributed by atoms with van der Waals surface area (Å²) in [5, 5.41) is 2.55. The largest absolute Gasteiger partial charge is 0.347 e. The number of carbonyl (C=O) groups is 1. The van der Waals surface area contributed by atoms with E-state index < -0.39 is 23.4 Å². The molecule has 0 radical (unpaired) electrons. The number of benzene rings is 1. The highest BCUT2D eigenvalue weighted by molar-refractivity contribution is 7.12. The van der Waals surface area contributed by atoms with E-state index in [4.69, 9.17) is 0 Å². The molecule has 1 aromatic heterocycles. The van der Waals surface area contributed by atoms with Crippen molar-refractivity contribution in [2.75, 3.05) is 0 Å². The van der Waals surface area contributed by atoms with E-state index in [1.807, 2.05) is 19.9 Å². The summed E-state index contributed by atoms with van der Waals surface area (Å²) in [5.41, 5.74) is 0.879. The minimum atomic E-state index is -1.58. The van der Waals surface area contributed by atoms with E-state index in [0.29, 0.717) is 12.1 Å². The van der Waals surface area contributed by atoms with E-state index in [-0.39, 0.29) is 12.1 Å². The number of carbonyl (C=O) groups excluding carboxylic acids is 1. The van der Waals surface area contributed by atoms with Crippen molar-refractivity contribution in [3.05, 3.63) is 56.5 Å². The van der Waals surface area contributed by atoms with Gasteiger partial charge >= 0.3 is 0 Å². The predicted octanol–water partition coefficient (Wildman–Crippen LogP) is 3.71. The van der Waals surface area contributed by atoms with Gasteiger partial charge in [-0.1, -0.05) is 0 Å². The van der Waals surface area contributed by atoms with Gasteiger partial charge in [-0.15, -0.1) is 11.3 Å². The van der Waals surface area contributed by atoms with Gasteiger partial charge in [-0.25, -0.2) is 13.2 Å². The molecule has 2 aromatic rings. The summed E-state index contributed by atoms with van der Waals surface area (Å²) in [6.45, 7) is 4.19. The maximum absolute atomic E-state index is 13.0. The summed E-state index contributed by atoms with van der Waals surface area (Å²) in [4.78, 5) is 13.9. The van der Waals surface area contributed by atoms with Gasteiger partial charge in [0.05, 0.1) is 6.54 Å². The normalized spacial score (nSPS) is 10.7. The van der Waals surface area contributed by atoms with Crippen LogP contribution in [0.4, 0.5) is 13.2 Å². The number of nitrogens with one attached hydrogen (secondary N) is 1. The van der Waals surface area contributed by atoms with Crippen molar-refractivity contribution in [3.63, 3.8) is 0 Å². The van der Waals surface area contributed by atoms with E-state index in [1.165, 1.54) is 11.3 Å². The second kappa shape index (κ2) is 5.66. The van der Waals surface area contributed by atoms with Crippen molar-refractivity contribution in [2.45, 2.75) is 20.4 Å². The minimum Gasteiger partial charge on any atom is -0.347 e. The Hall–Kier alpha value is -1.82. The molecular weight excluding hydrogens is 287 g/mol. The summed E-state index contributed by atoms with van der Waals surface area (Å²) in [7, 11) is 0. The van der Waals surface area contributed by atoms with Gasteiger partial charge < -0.3 is 5.32 Å². The number of halogens is 3. The molecule has 0 fully saturated rings. The van der Waals surface area contributed by atoms with Crippen LogP contribution in [0.25, 0.3) is 0 Å². The third-order valence-electron chi connectivity index (χ3n) is 2.89. The molecule has 0 bridgehead atoms. The van der Waals surface area contributed by atoms with Gasteiger partial charge in [-0.05, 0) is 37.6 Å². The van der Waals surface area contributed by atoms with Crippen molar-refractivity contribution < 1.29 is 18.0 Å². The molecular formula is C14H12F3NOS. The number of aryl methyl sites for hydroxylation is 2. The molecule has 2 nitrogen and oxygen atoms in total. The Bertz CT molecular complexity index is 624. The Kier molecular flexibility index (Phi) is 4.13. The zero-order valence-corrected chi connectivity index (χ0v) is 11.7. The Morgan fingerprint density at radius 2 is 1.75 bits per heavy atom. The van der Waals surface area contributed by atoms with E-state index in [9.17, 15) is 18.0 Å². The maximum atomic E-state index is 13.0. The van der Waals surface area contributed by atoms with Gasteiger partial charge in [-0.3, -0.25) is 4.79 Å². The van der Waals surface area contributed by atoms with Crippen LogP contribution in [0.5, 0.6) is 0 Å². The fourth-order valence-corrected chi connectivity index (χ4v) is 2.69. The van der Waals surface area contributed by atoms with Crippen LogP contribution in [0.1, 0.15) is 25.7 Å². The van der Waals surface area contributed by atoms with Crippen LogP contribution in [0, 0.1) is 31.3 Å². The molecule has 1 N–H and O–H groups in total. The minimum absolute atomic E-state index is 0.244. The van der Waals surface area contributed by atoms with Gasteiger partial charge in [0.2, 0.25) is 0 Å². The van der Waals surface area contributed by atoms with Gasteiger partial charge in [0, 0.05) is 15.3 Å². The fourth-order valence-electron chi connectivity index (χ4n) is 1.69. The van der Waals surface area contributed by atoms with Crippen molar-refractivity contribution in [1.29, 1.82) is 0 Å². The standard InChI is InChI=1S/C14H12F3NOS/c1-7-3-10(20-8(7)2)6-18-14(19)9-4-11(15)13(17)12(16)5-9/h3-5H,6H2,1-2H3,(H,18,19). The molecule has 2 rings (SSSR count). The molecule has 20 heavy (non-hydrogen) atoms. The first-order chi connectivity index (χ1) is 9.38. The highest BCUT2D eigenvalue weighted by Crippen LogP contribution is 2.20. The molecule has 1 amide bonds. The van der Waals surface area contributed by atoms with Crippen LogP contribution in [0.3, 0.4) is 0 Å². The Balaban J connectivity index is 2.09. The molecule has 1 aromatic carbocycles. The first-order valence-corrected chi connectivity index (χ1v) is 6.68. The van der Waals surface area contributed by atoms with E-state index >= 15 is 0 Å². The van der Waals surface area contributed by atoms with Crippen molar-refractivity contribution in [3.8, 4) is 0 Å². The lowest BCUT2D eigenvalue weighted by Gasteiger charge is -2.05. The van der Waals surface area contributed by atoms with Gasteiger partial charge in [0.25, 0.3) is 5.91 Å². The second-order valence-electron chi connectivity index (χ2n) is 4.39. The maximum Gasteiger partial charge on any atom is 0.251 e. The van der Waals surface area contributed by atoms with Crippen LogP contribution in [0.2, 0.25) is 0 Å². The highest BCUT2D eigenvalue weighted by atomic mass is 32.1. The lowest BCUT2D eigenvalue weighted by molar-refractivity contribution is 0.0950. The first-order valence-electron chi connectivity index (χ1n) is 5.87. The third-order valence-corrected chi connectivity index (χ3v) is 4.04. The number of thiophene rings is 1. The Morgan fingerprint density at radius 1 is 1.15 bits per heavy atom. The highest BCUT2D eigenvalue weighted by Gasteiger charge is 2.15. The lowest BCUT2D eigenvalue weighted by atomic mass is 10.2. The summed E-state index contributed by atoms with van der Waals surface area (Å²) in [6.07, 6.45) is 0. The van der Waals surface area contributed by atoms with Crippen LogP contribution < -0.4 is 5.32 Å². The van der Waals surface area contributed by atoms with Gasteiger partial charge in [0.1, 0.15) is 0 Å². The SMILES string of the molecule is Cc1cc(CNC(=O)c2cc(F)c(F)c(F)c2)sc1C. The molecule has 6 heteroatoms. The molecule has 0 saturated carbocycles. The number of hydrogen-bond donors (Lipinski definition) is 1. The van der Waals surface area contributed by atoms with Crippen LogP contribution >= 0.6 is 11.3 Å². The smallest absolute Gasteiger partial charge is 0.251 e. The molecule has 1 heterocycles. The van der Waals surface area contributed by atoms with Crippen LogP contribution in [-0.2, 0) is 6.54 Å². The van der Waals surface area contributed by atoms with Gasteiger partial charge in [0.15, 0.2) is 17.5 Å². The lowest BCUT2D eigenvalue weighted by Crippen LogP contribution is -2.22. The second-order valence-corrected chi connectivity index (χ2v) is 5.73.